The van der Waals surface area contributed by atoms with Gasteiger partial charge in [-0.3, -0.25) is 14.6 Å². The molecule has 1 aliphatic rings. The molecular weight excluding hydrogens is 408 g/mol. The maximum absolute atomic E-state index is 13.1. The fraction of sp³-hybridized carbons (Fsp3) is 0.240. The van der Waals surface area contributed by atoms with E-state index >= 15 is 0 Å². The van der Waals surface area contributed by atoms with Gasteiger partial charge in [-0.15, -0.1) is 0 Å². The Morgan fingerprint density at radius 3 is 2.44 bits per heavy atom. The number of hydrogen-bond acceptors (Lipinski definition) is 6. The number of rotatable bonds is 5. The fourth-order valence-electron chi connectivity index (χ4n) is 4.03. The standard InChI is InChI=1S/C25H24N2O5/c1-14-12-20(31-4)15(2)11-18(14)23(28)21-22(19-6-5-16(3)32-19)27(25(30)24(21)29)13-17-7-9-26-10-8-17/h5-12,22,28H,13H2,1-4H3/b23-21+. The quantitative estimate of drug-likeness (QED) is 0.368. The molecule has 1 saturated heterocycles. The number of methoxy groups -OCH3 is 1. The second kappa shape index (κ2) is 8.34. The molecule has 3 heterocycles. The lowest BCUT2D eigenvalue weighted by molar-refractivity contribution is -0.140. The normalized spacial score (nSPS) is 17.8. The van der Waals surface area contributed by atoms with Crippen LogP contribution in [-0.4, -0.2) is 33.8 Å². The SMILES string of the molecule is COc1cc(C)c(/C(O)=C2\C(=O)C(=O)N(Cc3ccncc3)C2c2ccc(C)o2)cc1C. The highest BCUT2D eigenvalue weighted by molar-refractivity contribution is 6.46. The Morgan fingerprint density at radius 2 is 1.81 bits per heavy atom. The van der Waals surface area contributed by atoms with Gasteiger partial charge in [0.2, 0.25) is 0 Å². The number of Topliss-reactive ketones (excluding diaryl/α,β-unsaturated/α-hetero) is 1. The van der Waals surface area contributed by atoms with E-state index in [1.54, 1.807) is 62.8 Å². The molecule has 1 unspecified atom stereocenters. The monoisotopic (exact) mass is 432 g/mol. The molecule has 1 aliphatic heterocycles. The van der Waals surface area contributed by atoms with Crippen molar-refractivity contribution in [2.45, 2.75) is 33.4 Å². The number of ether oxygens (including phenoxy) is 1. The first-order valence-corrected chi connectivity index (χ1v) is 10.2. The van der Waals surface area contributed by atoms with Gasteiger partial charge in [0.1, 0.15) is 29.1 Å². The molecule has 32 heavy (non-hydrogen) atoms. The van der Waals surface area contributed by atoms with E-state index in [-0.39, 0.29) is 17.9 Å². The number of pyridine rings is 1. The van der Waals surface area contributed by atoms with Gasteiger partial charge >= 0.3 is 0 Å². The number of ketones is 1. The van der Waals surface area contributed by atoms with Crippen LogP contribution in [-0.2, 0) is 16.1 Å². The second-order valence-electron chi connectivity index (χ2n) is 7.87. The van der Waals surface area contributed by atoms with Gasteiger partial charge in [-0.1, -0.05) is 0 Å². The molecule has 7 nitrogen and oxygen atoms in total. The summed E-state index contributed by atoms with van der Waals surface area (Å²) in [5.74, 6) is 0.0678. The molecule has 4 rings (SSSR count). The molecule has 0 bridgehead atoms. The van der Waals surface area contributed by atoms with Crippen LogP contribution in [0.4, 0.5) is 0 Å². The Kier molecular flexibility index (Phi) is 5.57. The largest absolute Gasteiger partial charge is 0.507 e. The molecule has 2 aromatic heterocycles. The molecule has 1 aromatic carbocycles. The number of furan rings is 1. The van der Waals surface area contributed by atoms with Crippen LogP contribution in [0.1, 0.15) is 39.8 Å². The Bertz CT molecular complexity index is 1230. The third-order valence-corrected chi connectivity index (χ3v) is 5.67. The van der Waals surface area contributed by atoms with E-state index < -0.39 is 17.7 Å². The van der Waals surface area contributed by atoms with Gasteiger partial charge in [-0.2, -0.15) is 0 Å². The lowest BCUT2D eigenvalue weighted by atomic mass is 9.95. The van der Waals surface area contributed by atoms with Crippen molar-refractivity contribution < 1.29 is 23.8 Å². The number of nitrogens with zero attached hydrogens (tertiary/aromatic N) is 2. The van der Waals surface area contributed by atoms with Crippen LogP contribution in [0.25, 0.3) is 5.76 Å². The maximum Gasteiger partial charge on any atom is 0.296 e. The van der Waals surface area contributed by atoms with Crippen LogP contribution < -0.4 is 4.74 Å². The van der Waals surface area contributed by atoms with Gasteiger partial charge in [0.05, 0.1) is 12.7 Å². The first-order chi connectivity index (χ1) is 15.3. The van der Waals surface area contributed by atoms with Crippen LogP contribution >= 0.6 is 0 Å². The zero-order valence-corrected chi connectivity index (χ0v) is 18.4. The molecule has 1 amide bonds. The number of aromatic nitrogens is 1. The first-order valence-electron chi connectivity index (χ1n) is 10.2. The molecule has 1 N–H and O–H groups in total. The summed E-state index contributed by atoms with van der Waals surface area (Å²) in [6.45, 7) is 5.63. The van der Waals surface area contributed by atoms with Crippen molar-refractivity contribution in [1.29, 1.82) is 0 Å². The summed E-state index contributed by atoms with van der Waals surface area (Å²) in [6, 6.07) is 9.75. The Morgan fingerprint density at radius 1 is 1.09 bits per heavy atom. The number of carbonyl (C=O) groups excluding carboxylic acids is 2. The molecule has 1 atom stereocenters. The number of aliphatic hydroxyl groups excluding tert-OH is 1. The van der Waals surface area contributed by atoms with E-state index in [1.165, 1.54) is 4.90 Å². The highest BCUT2D eigenvalue weighted by atomic mass is 16.5. The number of aryl methyl sites for hydroxylation is 3. The lowest BCUT2D eigenvalue weighted by Gasteiger charge is -2.23. The molecule has 0 aliphatic carbocycles. The average Bonchev–Trinajstić information content (AvgIpc) is 3.31. The lowest BCUT2D eigenvalue weighted by Crippen LogP contribution is -2.29. The maximum atomic E-state index is 13.1. The smallest absolute Gasteiger partial charge is 0.296 e. The Labute approximate surface area is 186 Å². The van der Waals surface area contributed by atoms with Crippen molar-refractivity contribution in [3.05, 3.63) is 88.1 Å². The van der Waals surface area contributed by atoms with Crippen LogP contribution in [0.15, 0.2) is 58.8 Å². The molecule has 1 fully saturated rings. The molecule has 0 saturated carbocycles. The minimum absolute atomic E-state index is 0.00562. The highest BCUT2D eigenvalue weighted by Gasteiger charge is 2.47. The number of amides is 1. The summed E-state index contributed by atoms with van der Waals surface area (Å²) >= 11 is 0. The van der Waals surface area contributed by atoms with Crippen molar-refractivity contribution in [2.24, 2.45) is 0 Å². The van der Waals surface area contributed by atoms with Crippen molar-refractivity contribution >= 4 is 17.4 Å². The molecular formula is C25H24N2O5. The predicted molar refractivity (Wildman–Crippen MR) is 118 cm³/mol. The Hall–Kier alpha value is -3.87. The van der Waals surface area contributed by atoms with Gasteiger partial charge in [0.25, 0.3) is 11.7 Å². The van der Waals surface area contributed by atoms with Gasteiger partial charge in [-0.05, 0) is 73.9 Å². The molecule has 7 heteroatoms. The summed E-state index contributed by atoms with van der Waals surface area (Å²) in [5.41, 5.74) is 2.81. The van der Waals surface area contributed by atoms with E-state index in [4.69, 9.17) is 9.15 Å². The fourth-order valence-corrected chi connectivity index (χ4v) is 4.03. The number of likely N-dealkylation sites (tertiary alicyclic amines) is 1. The third-order valence-electron chi connectivity index (χ3n) is 5.67. The predicted octanol–water partition coefficient (Wildman–Crippen LogP) is 4.23. The molecule has 0 radical (unpaired) electrons. The molecule has 0 spiro atoms. The topological polar surface area (TPSA) is 92.9 Å². The summed E-state index contributed by atoms with van der Waals surface area (Å²) in [5, 5.41) is 11.3. The number of aliphatic hydroxyl groups is 1. The van der Waals surface area contributed by atoms with E-state index in [0.717, 1.165) is 16.7 Å². The van der Waals surface area contributed by atoms with Crippen LogP contribution in [0.2, 0.25) is 0 Å². The van der Waals surface area contributed by atoms with E-state index in [1.807, 2.05) is 13.8 Å². The third kappa shape index (κ3) is 3.66. The van der Waals surface area contributed by atoms with Crippen molar-refractivity contribution in [2.75, 3.05) is 7.11 Å². The zero-order valence-electron chi connectivity index (χ0n) is 18.4. The second-order valence-corrected chi connectivity index (χ2v) is 7.87. The molecule has 164 valence electrons. The zero-order chi connectivity index (χ0) is 23.0. The van der Waals surface area contributed by atoms with Crippen molar-refractivity contribution in [1.82, 2.24) is 9.88 Å². The summed E-state index contributed by atoms with van der Waals surface area (Å²) in [4.78, 5) is 31.6. The van der Waals surface area contributed by atoms with Crippen LogP contribution in [0, 0.1) is 20.8 Å². The number of hydrogen-bond donors (Lipinski definition) is 1. The van der Waals surface area contributed by atoms with Gasteiger partial charge in [-0.25, -0.2) is 0 Å². The van der Waals surface area contributed by atoms with Crippen molar-refractivity contribution in [3.8, 4) is 5.75 Å². The van der Waals surface area contributed by atoms with E-state index in [2.05, 4.69) is 4.98 Å². The van der Waals surface area contributed by atoms with Gasteiger partial charge in [0.15, 0.2) is 0 Å². The minimum Gasteiger partial charge on any atom is -0.507 e. The van der Waals surface area contributed by atoms with E-state index in [9.17, 15) is 14.7 Å². The number of benzene rings is 1. The highest BCUT2D eigenvalue weighted by Crippen LogP contribution is 2.41. The minimum atomic E-state index is -0.848. The summed E-state index contributed by atoms with van der Waals surface area (Å²) in [6.07, 6.45) is 3.25. The van der Waals surface area contributed by atoms with Gasteiger partial charge in [0, 0.05) is 24.5 Å². The average molecular weight is 432 g/mol. The summed E-state index contributed by atoms with van der Waals surface area (Å²) in [7, 11) is 1.57. The number of carbonyl (C=O) groups is 2. The van der Waals surface area contributed by atoms with Crippen molar-refractivity contribution in [3.63, 3.8) is 0 Å². The summed E-state index contributed by atoms with van der Waals surface area (Å²) < 4.78 is 11.2. The first kappa shape index (κ1) is 21.4. The van der Waals surface area contributed by atoms with E-state index in [0.29, 0.717) is 22.8 Å². The van der Waals surface area contributed by atoms with Crippen LogP contribution in [0.5, 0.6) is 5.75 Å². The Balaban J connectivity index is 1.88. The van der Waals surface area contributed by atoms with Gasteiger partial charge < -0.3 is 19.2 Å². The van der Waals surface area contributed by atoms with Crippen LogP contribution in [0.3, 0.4) is 0 Å². The molecule has 3 aromatic rings.